The Morgan fingerprint density at radius 2 is 2.18 bits per heavy atom. The summed E-state index contributed by atoms with van der Waals surface area (Å²) in [4.78, 5) is 4.11. The fraction of sp³-hybridized carbons (Fsp3) is 0.533. The van der Waals surface area contributed by atoms with Crippen LogP contribution in [0.1, 0.15) is 44.7 Å². The predicted molar refractivity (Wildman–Crippen MR) is 87.6 cm³/mol. The molecule has 0 bridgehead atoms. The molecule has 1 aliphatic rings. The molecule has 3 heterocycles. The van der Waals surface area contributed by atoms with Crippen LogP contribution in [0.25, 0.3) is 0 Å². The van der Waals surface area contributed by atoms with Crippen LogP contribution in [0.2, 0.25) is 0 Å². The van der Waals surface area contributed by atoms with E-state index in [2.05, 4.69) is 16.4 Å². The molecule has 0 spiro atoms. The second kappa shape index (κ2) is 5.79. The van der Waals surface area contributed by atoms with Gasteiger partial charge in [-0.25, -0.2) is 13.4 Å². The average Bonchev–Trinajstić information content (AvgIpc) is 3.19. The number of hydrogen-bond acceptors (Lipinski definition) is 4. The largest absolute Gasteiger partial charge is 0.334 e. The first kappa shape index (κ1) is 15.7. The van der Waals surface area contributed by atoms with Crippen molar-refractivity contribution in [3.63, 3.8) is 0 Å². The zero-order valence-corrected chi connectivity index (χ0v) is 14.6. The van der Waals surface area contributed by atoms with Gasteiger partial charge in [-0.1, -0.05) is 0 Å². The molecule has 0 radical (unpaired) electrons. The van der Waals surface area contributed by atoms with Crippen molar-refractivity contribution < 1.29 is 8.42 Å². The molecule has 2 atom stereocenters. The van der Waals surface area contributed by atoms with E-state index in [-0.39, 0.29) is 23.0 Å². The number of aromatic nitrogens is 2. The van der Waals surface area contributed by atoms with E-state index in [9.17, 15) is 8.42 Å². The Hall–Kier alpha value is -1.18. The van der Waals surface area contributed by atoms with Gasteiger partial charge in [0, 0.05) is 30.7 Å². The fourth-order valence-electron chi connectivity index (χ4n) is 2.94. The minimum atomic E-state index is -3.52. The van der Waals surface area contributed by atoms with E-state index in [4.69, 9.17) is 0 Å². The maximum Gasteiger partial charge on any atom is 0.262 e. The molecule has 1 saturated heterocycles. The van der Waals surface area contributed by atoms with Gasteiger partial charge in [-0.3, -0.25) is 0 Å². The van der Waals surface area contributed by atoms with Crippen molar-refractivity contribution in [3.8, 4) is 0 Å². The summed E-state index contributed by atoms with van der Waals surface area (Å²) in [6.07, 6.45) is 4.08. The van der Waals surface area contributed by atoms with Gasteiger partial charge < -0.3 is 4.57 Å². The Morgan fingerprint density at radius 1 is 1.41 bits per heavy atom. The van der Waals surface area contributed by atoms with Gasteiger partial charge in [0.15, 0.2) is 5.03 Å². The second-order valence-corrected chi connectivity index (χ2v) is 8.78. The summed E-state index contributed by atoms with van der Waals surface area (Å²) in [6, 6.07) is 2.29. The smallest absolute Gasteiger partial charge is 0.262 e. The van der Waals surface area contributed by atoms with Crippen LogP contribution in [-0.4, -0.2) is 34.9 Å². The lowest BCUT2D eigenvalue weighted by Gasteiger charge is -2.19. The molecular formula is C15H21N3O2S2. The summed E-state index contributed by atoms with van der Waals surface area (Å²) in [6.45, 7) is 6.52. The molecule has 0 unspecified atom stereocenters. The van der Waals surface area contributed by atoms with Crippen molar-refractivity contribution in [1.29, 1.82) is 0 Å². The summed E-state index contributed by atoms with van der Waals surface area (Å²) < 4.78 is 29.1. The lowest BCUT2D eigenvalue weighted by Crippen LogP contribution is -2.34. The van der Waals surface area contributed by atoms with Crippen LogP contribution in [0.4, 0.5) is 0 Å². The van der Waals surface area contributed by atoms with E-state index in [1.165, 1.54) is 5.56 Å². The third-order valence-corrected chi connectivity index (χ3v) is 6.85. The van der Waals surface area contributed by atoms with Gasteiger partial charge >= 0.3 is 0 Å². The molecule has 7 heteroatoms. The summed E-state index contributed by atoms with van der Waals surface area (Å²) in [5.41, 5.74) is 1.24. The van der Waals surface area contributed by atoms with Crippen LogP contribution >= 0.6 is 11.3 Å². The number of nitrogens with zero attached hydrogens (tertiary/aromatic N) is 3. The van der Waals surface area contributed by atoms with E-state index >= 15 is 0 Å². The molecule has 1 fully saturated rings. The molecule has 2 aromatic rings. The van der Waals surface area contributed by atoms with Crippen LogP contribution < -0.4 is 0 Å². The highest BCUT2D eigenvalue weighted by molar-refractivity contribution is 7.89. The van der Waals surface area contributed by atoms with Crippen LogP contribution in [0.5, 0.6) is 0 Å². The Balaban J connectivity index is 1.85. The van der Waals surface area contributed by atoms with E-state index < -0.39 is 10.0 Å². The van der Waals surface area contributed by atoms with Gasteiger partial charge in [-0.2, -0.15) is 15.6 Å². The van der Waals surface area contributed by atoms with Crippen molar-refractivity contribution >= 4 is 21.4 Å². The zero-order chi connectivity index (χ0) is 15.9. The summed E-state index contributed by atoms with van der Waals surface area (Å²) >= 11 is 1.66. The van der Waals surface area contributed by atoms with Gasteiger partial charge in [-0.15, -0.1) is 0 Å². The molecule has 0 aliphatic carbocycles. The Morgan fingerprint density at radius 3 is 2.77 bits per heavy atom. The number of hydrogen-bond donors (Lipinski definition) is 0. The molecule has 22 heavy (non-hydrogen) atoms. The predicted octanol–water partition coefficient (Wildman–Crippen LogP) is 3.09. The topological polar surface area (TPSA) is 55.2 Å². The van der Waals surface area contributed by atoms with Crippen molar-refractivity contribution in [3.05, 3.63) is 34.9 Å². The first-order valence-electron chi connectivity index (χ1n) is 7.47. The van der Waals surface area contributed by atoms with Gasteiger partial charge in [0.2, 0.25) is 0 Å². The highest BCUT2D eigenvalue weighted by atomic mass is 32.2. The highest BCUT2D eigenvalue weighted by Gasteiger charge is 2.39. The fourth-order valence-corrected chi connectivity index (χ4v) is 5.29. The van der Waals surface area contributed by atoms with E-state index in [0.717, 1.165) is 6.42 Å². The lowest BCUT2D eigenvalue weighted by molar-refractivity contribution is 0.405. The summed E-state index contributed by atoms with van der Waals surface area (Å²) in [5.74, 6) is 0.281. The molecule has 0 aromatic carbocycles. The molecule has 0 saturated carbocycles. The molecule has 120 valence electrons. The van der Waals surface area contributed by atoms with Gasteiger partial charge in [0.05, 0.1) is 6.33 Å². The average molecular weight is 339 g/mol. The third-order valence-electron chi connectivity index (χ3n) is 4.28. The summed E-state index contributed by atoms with van der Waals surface area (Å²) in [7, 11) is -3.52. The van der Waals surface area contributed by atoms with Crippen LogP contribution in [-0.2, 0) is 10.0 Å². The van der Waals surface area contributed by atoms with Crippen molar-refractivity contribution in [1.82, 2.24) is 13.9 Å². The van der Waals surface area contributed by atoms with Gasteiger partial charge in [0.25, 0.3) is 10.0 Å². The lowest BCUT2D eigenvalue weighted by atomic mass is 10.00. The second-order valence-electron chi connectivity index (χ2n) is 6.17. The first-order valence-corrected chi connectivity index (χ1v) is 9.85. The van der Waals surface area contributed by atoms with E-state index in [1.54, 1.807) is 28.2 Å². The minimum Gasteiger partial charge on any atom is -0.334 e. The van der Waals surface area contributed by atoms with Crippen LogP contribution in [0, 0.1) is 0 Å². The maximum atomic E-state index is 12.8. The molecule has 0 N–H and O–H groups in total. The maximum absolute atomic E-state index is 12.8. The molecule has 2 aromatic heterocycles. The van der Waals surface area contributed by atoms with Crippen LogP contribution in [0.3, 0.4) is 0 Å². The molecule has 3 rings (SSSR count). The Bertz CT molecular complexity index is 735. The molecule has 0 amide bonds. The van der Waals surface area contributed by atoms with Gasteiger partial charge in [-0.05, 0) is 49.6 Å². The number of sulfonamides is 1. The number of imidazole rings is 1. The standard InChI is InChI=1S/C15H21N3O2S2/c1-11(2)17-8-15(16-10-17)22(19,20)18-7-14(6-12(18)3)13-4-5-21-9-13/h4-5,8-12,14H,6-7H2,1-3H3/t12-,14-/m1/s1. The van der Waals surface area contributed by atoms with E-state index in [0.29, 0.717) is 6.54 Å². The Kier molecular flexibility index (Phi) is 4.13. The quantitative estimate of drug-likeness (QED) is 0.860. The number of rotatable bonds is 4. The normalized spacial score (nSPS) is 23.5. The van der Waals surface area contributed by atoms with Gasteiger partial charge in [0.1, 0.15) is 0 Å². The van der Waals surface area contributed by atoms with Crippen molar-refractivity contribution in [2.45, 2.75) is 50.2 Å². The zero-order valence-electron chi connectivity index (χ0n) is 13.0. The highest BCUT2D eigenvalue weighted by Crippen LogP contribution is 2.35. The van der Waals surface area contributed by atoms with Crippen LogP contribution in [0.15, 0.2) is 34.4 Å². The molecule has 1 aliphatic heterocycles. The monoisotopic (exact) mass is 339 g/mol. The third kappa shape index (κ3) is 2.73. The molecule has 5 nitrogen and oxygen atoms in total. The van der Waals surface area contributed by atoms with Crippen molar-refractivity contribution in [2.24, 2.45) is 0 Å². The minimum absolute atomic E-state index is 0.000833. The SMILES string of the molecule is CC(C)n1cnc(S(=O)(=O)N2C[C@H](c3ccsc3)C[C@H]2C)c1. The number of thiophene rings is 1. The van der Waals surface area contributed by atoms with Crippen molar-refractivity contribution in [2.75, 3.05) is 6.54 Å². The molecular weight excluding hydrogens is 318 g/mol. The summed E-state index contributed by atoms with van der Waals surface area (Å²) in [5, 5.41) is 4.31. The first-order chi connectivity index (χ1) is 10.4. The van der Waals surface area contributed by atoms with E-state index in [1.807, 2.05) is 30.7 Å². The Labute approximate surface area is 135 Å².